The van der Waals surface area contributed by atoms with Crippen molar-refractivity contribution in [1.82, 2.24) is 0 Å². The maximum atomic E-state index is 13.2. The molecule has 0 amide bonds. The third kappa shape index (κ3) is 3.01. The van der Waals surface area contributed by atoms with Crippen LogP contribution < -0.4 is 0 Å². The van der Waals surface area contributed by atoms with Crippen LogP contribution >= 0.6 is 55.1 Å². The van der Waals surface area contributed by atoms with Crippen molar-refractivity contribution in [2.45, 2.75) is 18.8 Å². The topological polar surface area (TPSA) is 50.4 Å². The number of halogens is 4. The number of phenolic OH excluding ortho intramolecular Hbond substituents is 1. The van der Waals surface area contributed by atoms with Crippen molar-refractivity contribution in [3.05, 3.63) is 60.1 Å². The summed E-state index contributed by atoms with van der Waals surface area (Å²) in [5.41, 5.74) is 1.40. The lowest BCUT2D eigenvalue weighted by molar-refractivity contribution is 0.103. The number of hydrogen-bond donors (Lipinski definition) is 1. The number of rotatable bonds is 3. The standard InChI is InChI=1S/C18H10Br2Cl2O3/c19-11-3-8(4-12(20)16(11)24)15(23)14-10-5-9(21)6-13(22)18(10)25-17(14)7-1-2-7/h3-7,24H,1-2H2. The zero-order chi connectivity index (χ0) is 17.9. The van der Waals surface area contributed by atoms with E-state index >= 15 is 0 Å². The SMILES string of the molecule is O=C(c1cc(Br)c(O)c(Br)c1)c1c(C2CC2)oc2c(Cl)cc(Cl)cc12. The molecule has 0 aliphatic heterocycles. The van der Waals surface area contributed by atoms with E-state index in [0.717, 1.165) is 12.8 Å². The van der Waals surface area contributed by atoms with Gasteiger partial charge in [0.25, 0.3) is 0 Å². The van der Waals surface area contributed by atoms with Gasteiger partial charge in [-0.25, -0.2) is 0 Å². The summed E-state index contributed by atoms with van der Waals surface area (Å²) in [5, 5.41) is 11.3. The molecule has 128 valence electrons. The van der Waals surface area contributed by atoms with E-state index in [-0.39, 0.29) is 17.5 Å². The van der Waals surface area contributed by atoms with Gasteiger partial charge in [-0.15, -0.1) is 0 Å². The van der Waals surface area contributed by atoms with Gasteiger partial charge in [0.1, 0.15) is 11.5 Å². The van der Waals surface area contributed by atoms with E-state index in [2.05, 4.69) is 31.9 Å². The molecule has 1 fully saturated rings. The minimum Gasteiger partial charge on any atom is -0.506 e. The first-order valence-corrected chi connectivity index (χ1v) is 9.85. The zero-order valence-electron chi connectivity index (χ0n) is 12.6. The van der Waals surface area contributed by atoms with E-state index < -0.39 is 0 Å². The number of benzene rings is 2. The van der Waals surface area contributed by atoms with Crippen LogP contribution in [0.3, 0.4) is 0 Å². The molecule has 3 nitrogen and oxygen atoms in total. The summed E-state index contributed by atoms with van der Waals surface area (Å²) < 4.78 is 6.82. The summed E-state index contributed by atoms with van der Waals surface area (Å²) in [6, 6.07) is 6.48. The average Bonchev–Trinajstić information content (AvgIpc) is 3.32. The highest BCUT2D eigenvalue weighted by Gasteiger charge is 2.34. The molecule has 0 saturated heterocycles. The Morgan fingerprint density at radius 2 is 1.76 bits per heavy atom. The average molecular weight is 505 g/mol. The molecule has 1 saturated carbocycles. The second-order valence-corrected chi connectivity index (χ2v) is 8.55. The Labute approximate surface area is 170 Å². The lowest BCUT2D eigenvalue weighted by atomic mass is 9.98. The molecular weight excluding hydrogens is 495 g/mol. The fourth-order valence-electron chi connectivity index (χ4n) is 2.85. The molecule has 0 bridgehead atoms. The lowest BCUT2D eigenvalue weighted by Crippen LogP contribution is -2.04. The molecule has 2 aromatic carbocycles. The predicted octanol–water partition coefficient (Wildman–Crippen LogP) is 7.08. The molecule has 1 heterocycles. The summed E-state index contributed by atoms with van der Waals surface area (Å²) in [6.07, 6.45) is 1.96. The Morgan fingerprint density at radius 1 is 1.12 bits per heavy atom. The van der Waals surface area contributed by atoms with Gasteiger partial charge >= 0.3 is 0 Å². The molecule has 0 unspecified atom stereocenters. The van der Waals surface area contributed by atoms with E-state index in [0.29, 0.717) is 46.8 Å². The van der Waals surface area contributed by atoms with Crippen LogP contribution in [-0.4, -0.2) is 10.9 Å². The molecule has 4 rings (SSSR count). The lowest BCUT2D eigenvalue weighted by Gasteiger charge is -2.06. The third-order valence-electron chi connectivity index (χ3n) is 4.19. The second-order valence-electron chi connectivity index (χ2n) is 6.00. The number of phenols is 1. The van der Waals surface area contributed by atoms with Crippen LogP contribution in [0.15, 0.2) is 37.6 Å². The van der Waals surface area contributed by atoms with Gasteiger partial charge in [-0.3, -0.25) is 4.79 Å². The quantitative estimate of drug-likeness (QED) is 0.388. The Morgan fingerprint density at radius 3 is 2.36 bits per heavy atom. The number of ketones is 1. The fraction of sp³-hybridized carbons (Fsp3) is 0.167. The molecule has 25 heavy (non-hydrogen) atoms. The zero-order valence-corrected chi connectivity index (χ0v) is 17.3. The number of hydrogen-bond acceptors (Lipinski definition) is 3. The van der Waals surface area contributed by atoms with E-state index in [1.165, 1.54) is 0 Å². The van der Waals surface area contributed by atoms with Gasteiger partial charge in [0.15, 0.2) is 11.4 Å². The Kier molecular flexibility index (Phi) is 4.39. The number of aromatic hydroxyl groups is 1. The first-order valence-electron chi connectivity index (χ1n) is 7.51. The van der Waals surface area contributed by atoms with Crippen molar-refractivity contribution in [3.8, 4) is 5.75 Å². The van der Waals surface area contributed by atoms with E-state index in [4.69, 9.17) is 27.6 Å². The molecule has 1 aromatic heterocycles. The van der Waals surface area contributed by atoms with Crippen molar-refractivity contribution >= 4 is 71.8 Å². The maximum absolute atomic E-state index is 13.2. The predicted molar refractivity (Wildman–Crippen MR) is 105 cm³/mol. The van der Waals surface area contributed by atoms with Crippen molar-refractivity contribution < 1.29 is 14.3 Å². The summed E-state index contributed by atoms with van der Waals surface area (Å²) in [4.78, 5) is 13.2. The molecule has 7 heteroatoms. The van der Waals surface area contributed by atoms with Crippen LogP contribution in [0.1, 0.15) is 40.4 Å². The minimum absolute atomic E-state index is 0.0436. The summed E-state index contributed by atoms with van der Waals surface area (Å²) in [6.45, 7) is 0. The Bertz CT molecular complexity index is 1020. The van der Waals surface area contributed by atoms with Gasteiger partial charge in [0.05, 0.1) is 19.5 Å². The molecular formula is C18H10Br2Cl2O3. The van der Waals surface area contributed by atoms with Crippen LogP contribution in [0.5, 0.6) is 5.75 Å². The first-order chi connectivity index (χ1) is 11.9. The highest BCUT2D eigenvalue weighted by atomic mass is 79.9. The second kappa shape index (κ2) is 6.31. The summed E-state index contributed by atoms with van der Waals surface area (Å²) in [5.74, 6) is 0.733. The normalized spacial score (nSPS) is 14.2. The van der Waals surface area contributed by atoms with Crippen LogP contribution in [0.2, 0.25) is 10.0 Å². The van der Waals surface area contributed by atoms with Crippen LogP contribution in [0.25, 0.3) is 11.0 Å². The van der Waals surface area contributed by atoms with Gasteiger partial charge in [-0.2, -0.15) is 0 Å². The Balaban J connectivity index is 1.96. The van der Waals surface area contributed by atoms with Gasteiger partial charge in [-0.1, -0.05) is 23.2 Å². The van der Waals surface area contributed by atoms with Crippen molar-refractivity contribution in [2.24, 2.45) is 0 Å². The highest BCUT2D eigenvalue weighted by Crippen LogP contribution is 2.47. The van der Waals surface area contributed by atoms with Crippen molar-refractivity contribution in [1.29, 1.82) is 0 Å². The molecule has 0 atom stereocenters. The van der Waals surface area contributed by atoms with Gasteiger partial charge in [0.2, 0.25) is 0 Å². The third-order valence-corrected chi connectivity index (χ3v) is 5.90. The minimum atomic E-state index is -0.194. The van der Waals surface area contributed by atoms with E-state index in [9.17, 15) is 9.90 Å². The van der Waals surface area contributed by atoms with Crippen molar-refractivity contribution in [2.75, 3.05) is 0 Å². The summed E-state index contributed by atoms with van der Waals surface area (Å²) in [7, 11) is 0. The van der Waals surface area contributed by atoms with Gasteiger partial charge in [0, 0.05) is 21.9 Å². The number of furan rings is 1. The molecule has 0 spiro atoms. The highest BCUT2D eigenvalue weighted by molar-refractivity contribution is 9.11. The summed E-state index contributed by atoms with van der Waals surface area (Å²) >= 11 is 18.9. The van der Waals surface area contributed by atoms with Crippen molar-refractivity contribution in [3.63, 3.8) is 0 Å². The van der Waals surface area contributed by atoms with Crippen LogP contribution in [0.4, 0.5) is 0 Å². The Hall–Kier alpha value is -1.01. The largest absolute Gasteiger partial charge is 0.506 e. The van der Waals surface area contributed by atoms with Gasteiger partial charge in [-0.05, 0) is 69.0 Å². The van der Waals surface area contributed by atoms with Gasteiger partial charge < -0.3 is 9.52 Å². The van der Waals surface area contributed by atoms with E-state index in [1.807, 2.05) is 0 Å². The van der Waals surface area contributed by atoms with Crippen LogP contribution in [0, 0.1) is 0 Å². The van der Waals surface area contributed by atoms with Crippen LogP contribution in [-0.2, 0) is 0 Å². The van der Waals surface area contributed by atoms with E-state index in [1.54, 1.807) is 24.3 Å². The molecule has 1 aliphatic carbocycles. The number of carbonyl (C=O) groups excluding carboxylic acids is 1. The maximum Gasteiger partial charge on any atom is 0.197 e. The molecule has 0 radical (unpaired) electrons. The monoisotopic (exact) mass is 502 g/mol. The molecule has 1 N–H and O–H groups in total. The number of carbonyl (C=O) groups is 1. The molecule has 3 aromatic rings. The first kappa shape index (κ1) is 17.4. The number of fused-ring (bicyclic) bond motifs is 1. The smallest absolute Gasteiger partial charge is 0.197 e. The molecule has 1 aliphatic rings. The fourth-order valence-corrected chi connectivity index (χ4v) is 4.57.